The number of carbonyl (C=O) groups excluding carboxylic acids is 4. The van der Waals surface area contributed by atoms with Gasteiger partial charge >= 0.3 is 49.7 Å². The van der Waals surface area contributed by atoms with Crippen molar-refractivity contribution in [2.24, 2.45) is 0 Å². The Morgan fingerprint density at radius 3 is 1.19 bits per heavy atom. The molecule has 0 bridgehead atoms. The van der Waals surface area contributed by atoms with Gasteiger partial charge < -0.3 is 29.3 Å². The summed E-state index contributed by atoms with van der Waals surface area (Å²) in [7, 11) is 0. The van der Waals surface area contributed by atoms with Crippen molar-refractivity contribution in [2.45, 2.75) is 25.7 Å². The molecular weight excluding hydrogens is 374 g/mol. The molecule has 0 saturated heterocycles. The number of hydrogen-bond acceptors (Lipinski definition) is 10. The van der Waals surface area contributed by atoms with Crippen LogP contribution in [0.2, 0.25) is 0 Å². The van der Waals surface area contributed by atoms with Crippen LogP contribution < -0.4 is 47.9 Å². The van der Waals surface area contributed by atoms with Gasteiger partial charge in [-0.3, -0.25) is 0 Å². The molecule has 0 radical (unpaired) electrons. The summed E-state index contributed by atoms with van der Waals surface area (Å²) >= 11 is 9.07. The van der Waals surface area contributed by atoms with Crippen LogP contribution in [-0.4, -0.2) is 34.0 Å². The molecule has 0 amide bonds. The van der Waals surface area contributed by atoms with E-state index in [1.165, 1.54) is 0 Å². The van der Waals surface area contributed by atoms with E-state index < -0.39 is 23.9 Å². The maximum absolute atomic E-state index is 10.5. The second-order valence-electron chi connectivity index (χ2n) is 3.74. The van der Waals surface area contributed by atoms with Crippen LogP contribution in [0.1, 0.15) is 25.7 Å². The van der Waals surface area contributed by atoms with Crippen molar-refractivity contribution in [3.05, 3.63) is 25.3 Å². The summed E-state index contributed by atoms with van der Waals surface area (Å²) < 4.78 is 8.87. The first-order valence-corrected chi connectivity index (χ1v) is 7.07. The molecule has 0 N–H and O–H groups in total. The molecule has 0 atom stereocenters. The fraction of sp³-hybridized carbons (Fsp3) is 0.286. The van der Waals surface area contributed by atoms with Gasteiger partial charge in [-0.25, -0.2) is 9.59 Å². The third kappa shape index (κ3) is 25.0. The standard InChI is InChI=1S/2C7H8O4S.2Li/c2*1-2-6(10)11-7(12)4-3-5(8)9;;/h2*2H,1,3-4H2,(H,8,9);;/q;;2*+1/p-2. The first-order valence-electron chi connectivity index (χ1n) is 6.26. The number of carboxylic acid groups (broad SMARTS) is 2. The van der Waals surface area contributed by atoms with E-state index in [2.05, 4.69) is 47.1 Å². The van der Waals surface area contributed by atoms with Gasteiger partial charge in [0.15, 0.2) is 10.1 Å². The summed E-state index contributed by atoms with van der Waals surface area (Å²) in [5.41, 5.74) is 0. The van der Waals surface area contributed by atoms with Crippen LogP contribution in [-0.2, 0) is 28.7 Å². The van der Waals surface area contributed by atoms with Crippen molar-refractivity contribution in [1.29, 1.82) is 0 Å². The summed E-state index contributed by atoms with van der Waals surface area (Å²) in [6, 6.07) is 0. The molecule has 0 aromatic rings. The second-order valence-corrected chi connectivity index (χ2v) is 4.65. The van der Waals surface area contributed by atoms with Gasteiger partial charge in [0, 0.05) is 36.9 Å². The molecular formula is C14H14Li2O8S2. The fourth-order valence-electron chi connectivity index (χ4n) is 0.818. The monoisotopic (exact) mass is 388 g/mol. The van der Waals surface area contributed by atoms with Gasteiger partial charge in [0.1, 0.15) is 0 Å². The molecule has 0 aliphatic heterocycles. The number of carboxylic acids is 2. The van der Waals surface area contributed by atoms with E-state index in [0.29, 0.717) is 0 Å². The molecule has 0 unspecified atom stereocenters. The summed E-state index contributed by atoms with van der Waals surface area (Å²) in [5.74, 6) is -3.82. The first kappa shape index (κ1) is 32.4. The van der Waals surface area contributed by atoms with E-state index in [1.807, 2.05) is 0 Å². The molecule has 0 aliphatic carbocycles. The Labute approximate surface area is 185 Å². The molecule has 0 fully saturated rings. The van der Waals surface area contributed by atoms with Crippen LogP contribution in [0, 0.1) is 0 Å². The Kier molecular flexibility index (Phi) is 25.0. The second kappa shape index (κ2) is 20.1. The number of hydrogen-bond donors (Lipinski definition) is 0. The van der Waals surface area contributed by atoms with E-state index in [-0.39, 0.29) is 73.5 Å². The molecule has 12 heteroatoms. The van der Waals surface area contributed by atoms with Crippen LogP contribution in [0.5, 0.6) is 0 Å². The minimum atomic E-state index is -1.23. The zero-order valence-corrected chi connectivity index (χ0v) is 16.1. The van der Waals surface area contributed by atoms with Crippen LogP contribution in [0.4, 0.5) is 0 Å². The zero-order chi connectivity index (χ0) is 19.1. The van der Waals surface area contributed by atoms with Crippen molar-refractivity contribution in [3.63, 3.8) is 0 Å². The Hall–Kier alpha value is -1.27. The Morgan fingerprint density at radius 1 is 0.731 bits per heavy atom. The van der Waals surface area contributed by atoms with Gasteiger partial charge in [0.2, 0.25) is 0 Å². The Balaban J connectivity index is -0.000000173. The van der Waals surface area contributed by atoms with Gasteiger partial charge in [-0.05, 0) is 37.3 Å². The quantitative estimate of drug-likeness (QED) is 0.171. The minimum Gasteiger partial charge on any atom is -0.550 e. The molecule has 0 saturated carbocycles. The topological polar surface area (TPSA) is 133 Å². The van der Waals surface area contributed by atoms with E-state index in [9.17, 15) is 29.4 Å². The number of esters is 2. The van der Waals surface area contributed by atoms with Crippen LogP contribution in [0.25, 0.3) is 0 Å². The third-order valence-corrected chi connectivity index (χ3v) is 2.40. The number of ether oxygens (including phenoxy) is 2. The van der Waals surface area contributed by atoms with Crippen LogP contribution >= 0.6 is 24.4 Å². The average molecular weight is 388 g/mol. The van der Waals surface area contributed by atoms with Gasteiger partial charge in [0.05, 0.1) is 0 Å². The van der Waals surface area contributed by atoms with E-state index in [4.69, 9.17) is 0 Å². The summed E-state index contributed by atoms with van der Waals surface area (Å²) in [4.78, 5) is 40.8. The van der Waals surface area contributed by atoms with Crippen molar-refractivity contribution < 1.29 is 76.6 Å². The van der Waals surface area contributed by atoms with Gasteiger partial charge in [-0.15, -0.1) is 0 Å². The molecule has 132 valence electrons. The van der Waals surface area contributed by atoms with E-state index >= 15 is 0 Å². The number of carbonyl (C=O) groups is 4. The van der Waals surface area contributed by atoms with Crippen LogP contribution in [0.15, 0.2) is 25.3 Å². The van der Waals surface area contributed by atoms with Gasteiger partial charge in [-0.1, -0.05) is 13.2 Å². The molecule has 0 spiro atoms. The molecule has 0 aromatic heterocycles. The average Bonchev–Trinajstić information content (AvgIpc) is 2.51. The predicted molar refractivity (Wildman–Crippen MR) is 86.3 cm³/mol. The molecule has 0 rings (SSSR count). The van der Waals surface area contributed by atoms with E-state index in [1.54, 1.807) is 0 Å². The molecule has 0 aromatic carbocycles. The summed E-state index contributed by atoms with van der Waals surface area (Å²) in [5, 5.41) is 19.7. The summed E-state index contributed by atoms with van der Waals surface area (Å²) in [6.07, 6.45) is 1.40. The number of thiocarbonyl (C=S) groups is 2. The minimum absolute atomic E-state index is 0. The normalized spacial score (nSPS) is 8.00. The largest absolute Gasteiger partial charge is 1.00 e. The maximum atomic E-state index is 10.5. The van der Waals surface area contributed by atoms with Crippen molar-refractivity contribution >= 4 is 58.4 Å². The zero-order valence-electron chi connectivity index (χ0n) is 14.5. The molecule has 0 heterocycles. The van der Waals surface area contributed by atoms with Crippen molar-refractivity contribution in [1.82, 2.24) is 0 Å². The van der Waals surface area contributed by atoms with E-state index in [0.717, 1.165) is 12.2 Å². The van der Waals surface area contributed by atoms with Gasteiger partial charge in [-0.2, -0.15) is 0 Å². The summed E-state index contributed by atoms with van der Waals surface area (Å²) in [6.45, 7) is 6.29. The first-order chi connectivity index (χ1) is 11.1. The fourth-order valence-corrected chi connectivity index (χ4v) is 1.19. The predicted octanol–water partition coefficient (Wildman–Crippen LogP) is -6.85. The number of aliphatic carboxylic acids is 2. The van der Waals surface area contributed by atoms with Crippen molar-refractivity contribution in [3.8, 4) is 0 Å². The Morgan fingerprint density at radius 2 is 1.00 bits per heavy atom. The molecule has 26 heavy (non-hydrogen) atoms. The Bertz CT molecular complexity index is 501. The maximum Gasteiger partial charge on any atom is 1.00 e. The van der Waals surface area contributed by atoms with Crippen LogP contribution in [0.3, 0.4) is 0 Å². The third-order valence-electron chi connectivity index (χ3n) is 1.83. The van der Waals surface area contributed by atoms with Crippen molar-refractivity contribution in [2.75, 3.05) is 0 Å². The molecule has 8 nitrogen and oxygen atoms in total. The smallest absolute Gasteiger partial charge is 0.550 e. The number of rotatable bonds is 8. The SMILES string of the molecule is C=CC(=O)OC(=S)CCC(=O)[O-].C=CC(=O)OC(=S)CCC(=O)[O-].[Li+].[Li+]. The molecule has 0 aliphatic rings. The van der Waals surface area contributed by atoms with Gasteiger partial charge in [0.25, 0.3) is 0 Å².